The molecule has 0 aliphatic heterocycles. The number of carbonyl (C=O) groups is 1. The molecule has 3 nitrogen and oxygen atoms in total. The number of hydrogen-bond acceptors (Lipinski definition) is 2. The fraction of sp³-hybridized carbons (Fsp3) is 0.600. The van der Waals surface area contributed by atoms with Gasteiger partial charge in [-0.3, -0.25) is 4.79 Å². The maximum absolute atomic E-state index is 11.2. The Kier molecular flexibility index (Phi) is 2.17. The van der Waals surface area contributed by atoms with E-state index < -0.39 is 0 Å². The van der Waals surface area contributed by atoms with Crippen molar-refractivity contribution in [3.8, 4) is 0 Å². The van der Waals surface area contributed by atoms with E-state index in [1.807, 2.05) is 6.08 Å². The summed E-state index contributed by atoms with van der Waals surface area (Å²) in [4.78, 5) is 11.2. The van der Waals surface area contributed by atoms with Crippen LogP contribution in [0.4, 0.5) is 0 Å². The molecule has 0 heterocycles. The molecule has 13 heavy (non-hydrogen) atoms. The second-order valence-corrected chi connectivity index (χ2v) is 3.84. The molecule has 1 fully saturated rings. The van der Waals surface area contributed by atoms with Crippen molar-refractivity contribution in [1.29, 1.82) is 0 Å². The standard InChI is InChI=1S/C10H14N2O/c1-7-2-5-9(6-7)11-12-10(13)8-3-4-8/h6,8H,2-5H2,1H3,(H,12,13)/b11-9+. The Morgan fingerprint density at radius 3 is 2.85 bits per heavy atom. The molecule has 0 spiro atoms. The molecule has 70 valence electrons. The molecule has 3 heteroatoms. The van der Waals surface area contributed by atoms with Gasteiger partial charge in [-0.2, -0.15) is 5.10 Å². The van der Waals surface area contributed by atoms with Crippen LogP contribution in [0.2, 0.25) is 0 Å². The molecule has 1 N–H and O–H groups in total. The zero-order chi connectivity index (χ0) is 9.26. The summed E-state index contributed by atoms with van der Waals surface area (Å²) in [5.41, 5.74) is 4.96. The van der Waals surface area contributed by atoms with Gasteiger partial charge in [0, 0.05) is 5.92 Å². The summed E-state index contributed by atoms with van der Waals surface area (Å²) >= 11 is 0. The summed E-state index contributed by atoms with van der Waals surface area (Å²) in [7, 11) is 0. The van der Waals surface area contributed by atoms with E-state index in [1.165, 1.54) is 5.57 Å². The lowest BCUT2D eigenvalue weighted by Crippen LogP contribution is -2.20. The van der Waals surface area contributed by atoms with Gasteiger partial charge in [-0.1, -0.05) is 5.57 Å². The first-order valence-electron chi connectivity index (χ1n) is 4.79. The summed E-state index contributed by atoms with van der Waals surface area (Å²) in [5, 5.41) is 4.08. The Morgan fingerprint density at radius 2 is 2.31 bits per heavy atom. The molecule has 2 aliphatic carbocycles. The minimum absolute atomic E-state index is 0.0884. The van der Waals surface area contributed by atoms with Gasteiger partial charge in [-0.25, -0.2) is 5.43 Å². The Balaban J connectivity index is 1.86. The molecule has 0 aromatic rings. The molecule has 1 amide bonds. The van der Waals surface area contributed by atoms with Crippen LogP contribution in [0.15, 0.2) is 16.8 Å². The summed E-state index contributed by atoms with van der Waals surface area (Å²) < 4.78 is 0. The lowest BCUT2D eigenvalue weighted by atomic mass is 10.3. The molecule has 0 radical (unpaired) electrons. The van der Waals surface area contributed by atoms with Gasteiger partial charge in [0.2, 0.25) is 5.91 Å². The summed E-state index contributed by atoms with van der Waals surface area (Å²) in [6.07, 6.45) is 6.17. The van der Waals surface area contributed by atoms with Crippen molar-refractivity contribution in [2.75, 3.05) is 0 Å². The third-order valence-electron chi connectivity index (χ3n) is 2.45. The van der Waals surface area contributed by atoms with Gasteiger partial charge in [-0.15, -0.1) is 0 Å². The topological polar surface area (TPSA) is 41.5 Å². The van der Waals surface area contributed by atoms with Crippen molar-refractivity contribution < 1.29 is 4.79 Å². The molecule has 0 aromatic carbocycles. The zero-order valence-electron chi connectivity index (χ0n) is 7.84. The minimum Gasteiger partial charge on any atom is -0.273 e. The quantitative estimate of drug-likeness (QED) is 0.641. The molecule has 2 rings (SSSR count). The number of hydrazone groups is 1. The largest absolute Gasteiger partial charge is 0.273 e. The van der Waals surface area contributed by atoms with Gasteiger partial charge >= 0.3 is 0 Å². The highest BCUT2D eigenvalue weighted by Gasteiger charge is 2.29. The number of rotatable bonds is 2. The van der Waals surface area contributed by atoms with Crippen molar-refractivity contribution >= 4 is 11.6 Å². The molecule has 0 unspecified atom stereocenters. The smallest absolute Gasteiger partial charge is 0.243 e. The molecular formula is C10H14N2O. The maximum atomic E-state index is 11.2. The third kappa shape index (κ3) is 2.17. The normalized spacial score (nSPS) is 24.7. The Bertz CT molecular complexity index is 287. The first kappa shape index (κ1) is 8.48. The highest BCUT2D eigenvalue weighted by molar-refractivity contribution is 5.98. The maximum Gasteiger partial charge on any atom is 0.243 e. The molecular weight excluding hydrogens is 164 g/mol. The molecule has 0 atom stereocenters. The van der Waals surface area contributed by atoms with Gasteiger partial charge in [0.15, 0.2) is 0 Å². The van der Waals surface area contributed by atoms with Crippen LogP contribution in [-0.2, 0) is 4.79 Å². The van der Waals surface area contributed by atoms with Crippen LogP contribution < -0.4 is 5.43 Å². The van der Waals surface area contributed by atoms with Crippen LogP contribution in [-0.4, -0.2) is 11.6 Å². The molecule has 2 aliphatic rings. The fourth-order valence-corrected chi connectivity index (χ4v) is 1.41. The van der Waals surface area contributed by atoms with Crippen molar-refractivity contribution in [2.45, 2.75) is 32.6 Å². The van der Waals surface area contributed by atoms with Crippen molar-refractivity contribution in [1.82, 2.24) is 5.43 Å². The van der Waals surface area contributed by atoms with Crippen LogP contribution in [0.1, 0.15) is 32.6 Å². The fourth-order valence-electron chi connectivity index (χ4n) is 1.41. The van der Waals surface area contributed by atoms with E-state index in [9.17, 15) is 4.79 Å². The van der Waals surface area contributed by atoms with E-state index in [2.05, 4.69) is 17.5 Å². The molecule has 1 saturated carbocycles. The minimum atomic E-state index is 0.0884. The monoisotopic (exact) mass is 178 g/mol. The lowest BCUT2D eigenvalue weighted by Gasteiger charge is -1.96. The van der Waals surface area contributed by atoms with Crippen LogP contribution in [0.5, 0.6) is 0 Å². The highest BCUT2D eigenvalue weighted by Crippen LogP contribution is 2.28. The molecule has 0 aromatic heterocycles. The summed E-state index contributed by atoms with van der Waals surface area (Å²) in [5.74, 6) is 0.335. The van der Waals surface area contributed by atoms with Gasteiger partial charge in [0.1, 0.15) is 0 Å². The second-order valence-electron chi connectivity index (χ2n) is 3.84. The first-order valence-corrected chi connectivity index (χ1v) is 4.79. The van der Waals surface area contributed by atoms with E-state index in [4.69, 9.17) is 0 Å². The predicted octanol–water partition coefficient (Wildman–Crippen LogP) is 1.61. The Labute approximate surface area is 77.9 Å². The van der Waals surface area contributed by atoms with Crippen LogP contribution in [0.25, 0.3) is 0 Å². The SMILES string of the molecule is CC1=C/C(=N/NC(=O)C2CC2)CC1. The van der Waals surface area contributed by atoms with Gasteiger partial charge in [-0.05, 0) is 38.7 Å². The highest BCUT2D eigenvalue weighted by atomic mass is 16.2. The van der Waals surface area contributed by atoms with Gasteiger partial charge in [0.05, 0.1) is 5.71 Å². The van der Waals surface area contributed by atoms with E-state index >= 15 is 0 Å². The number of amides is 1. The number of nitrogens with one attached hydrogen (secondary N) is 1. The van der Waals surface area contributed by atoms with Crippen LogP contribution >= 0.6 is 0 Å². The Hall–Kier alpha value is -1.12. The lowest BCUT2D eigenvalue weighted by molar-refractivity contribution is -0.122. The third-order valence-corrected chi connectivity index (χ3v) is 2.45. The van der Waals surface area contributed by atoms with Gasteiger partial charge < -0.3 is 0 Å². The number of hydrogen-bond donors (Lipinski definition) is 1. The number of nitrogens with zero attached hydrogens (tertiary/aromatic N) is 1. The van der Waals surface area contributed by atoms with Gasteiger partial charge in [0.25, 0.3) is 0 Å². The molecule has 0 bridgehead atoms. The number of carbonyl (C=O) groups excluding carboxylic acids is 1. The Morgan fingerprint density at radius 1 is 1.54 bits per heavy atom. The summed E-state index contributed by atoms with van der Waals surface area (Å²) in [6.45, 7) is 2.09. The van der Waals surface area contributed by atoms with Crippen LogP contribution in [0, 0.1) is 5.92 Å². The first-order chi connectivity index (χ1) is 6.25. The predicted molar refractivity (Wildman–Crippen MR) is 51.3 cm³/mol. The molecule has 0 saturated heterocycles. The summed E-state index contributed by atoms with van der Waals surface area (Å²) in [6, 6.07) is 0. The van der Waals surface area contributed by atoms with E-state index in [1.54, 1.807) is 0 Å². The van der Waals surface area contributed by atoms with Crippen LogP contribution in [0.3, 0.4) is 0 Å². The van der Waals surface area contributed by atoms with E-state index in [0.717, 1.165) is 31.4 Å². The van der Waals surface area contributed by atoms with E-state index in [0.29, 0.717) is 0 Å². The average molecular weight is 178 g/mol. The number of allylic oxidation sites excluding steroid dienone is 2. The van der Waals surface area contributed by atoms with E-state index in [-0.39, 0.29) is 11.8 Å². The average Bonchev–Trinajstić information content (AvgIpc) is 2.87. The van der Waals surface area contributed by atoms with Crippen molar-refractivity contribution in [3.05, 3.63) is 11.6 Å². The zero-order valence-corrected chi connectivity index (χ0v) is 7.84. The van der Waals surface area contributed by atoms with Crippen molar-refractivity contribution in [2.24, 2.45) is 11.0 Å². The second kappa shape index (κ2) is 3.32. The van der Waals surface area contributed by atoms with Crippen molar-refractivity contribution in [3.63, 3.8) is 0 Å².